The second-order valence-electron chi connectivity index (χ2n) is 12.2. The lowest BCUT2D eigenvalue weighted by molar-refractivity contribution is -0.160. The summed E-state index contributed by atoms with van der Waals surface area (Å²) in [5.41, 5.74) is 6.78. The van der Waals surface area contributed by atoms with Gasteiger partial charge < -0.3 is 14.6 Å². The number of aryl methyl sites for hydroxylation is 1. The van der Waals surface area contributed by atoms with E-state index >= 15 is 0 Å². The Kier molecular flexibility index (Phi) is 6.97. The van der Waals surface area contributed by atoms with E-state index in [0.717, 1.165) is 72.8 Å². The van der Waals surface area contributed by atoms with Gasteiger partial charge in [0.05, 0.1) is 23.3 Å². The van der Waals surface area contributed by atoms with Crippen LogP contribution in [-0.2, 0) is 16.0 Å². The zero-order valence-electron chi connectivity index (χ0n) is 25.4. The van der Waals surface area contributed by atoms with Gasteiger partial charge in [-0.15, -0.1) is 0 Å². The van der Waals surface area contributed by atoms with Crippen LogP contribution in [0.4, 0.5) is 0 Å². The third-order valence-electron chi connectivity index (χ3n) is 7.99. The van der Waals surface area contributed by atoms with Crippen molar-refractivity contribution >= 4 is 27.6 Å². The maximum Gasteiger partial charge on any atom is 0.337 e. The van der Waals surface area contributed by atoms with Gasteiger partial charge in [0.2, 0.25) is 0 Å². The normalized spacial score (nSPS) is 13.5. The maximum atomic E-state index is 12.9. The molecule has 1 atom stereocenters. The Labute approximate surface area is 260 Å². The van der Waals surface area contributed by atoms with Crippen LogP contribution >= 0.6 is 0 Å². The Morgan fingerprint density at radius 2 is 1.71 bits per heavy atom. The molecule has 0 saturated heterocycles. The Balaban J connectivity index is 1.46. The molecule has 0 spiro atoms. The van der Waals surface area contributed by atoms with Gasteiger partial charge in [-0.3, -0.25) is 4.98 Å². The topological polar surface area (TPSA) is 120 Å². The van der Waals surface area contributed by atoms with E-state index in [1.54, 1.807) is 24.8 Å². The number of aliphatic carboxylic acids is 1. The van der Waals surface area contributed by atoms with E-state index in [4.69, 9.17) is 14.5 Å². The number of hydrogen-bond acceptors (Lipinski definition) is 8. The first kappa shape index (κ1) is 28.5. The van der Waals surface area contributed by atoms with E-state index in [9.17, 15) is 9.90 Å². The lowest BCUT2D eigenvalue weighted by Gasteiger charge is -2.29. The van der Waals surface area contributed by atoms with Crippen molar-refractivity contribution in [1.82, 2.24) is 24.9 Å². The summed E-state index contributed by atoms with van der Waals surface area (Å²) in [6.45, 7) is 8.14. The molecule has 4 heterocycles. The molecule has 224 valence electrons. The molecular weight excluding hydrogens is 566 g/mol. The summed E-state index contributed by atoms with van der Waals surface area (Å²) in [7, 11) is 0. The fourth-order valence-corrected chi connectivity index (χ4v) is 6.10. The van der Waals surface area contributed by atoms with Crippen LogP contribution in [0.1, 0.15) is 43.6 Å². The van der Waals surface area contributed by atoms with Crippen LogP contribution in [0.3, 0.4) is 0 Å². The van der Waals surface area contributed by atoms with E-state index in [1.807, 2.05) is 70.3 Å². The molecule has 7 rings (SSSR count). The van der Waals surface area contributed by atoms with Crippen LogP contribution in [0.15, 0.2) is 79.8 Å². The predicted octanol–water partition coefficient (Wildman–Crippen LogP) is 7.15. The van der Waals surface area contributed by atoms with Gasteiger partial charge >= 0.3 is 5.97 Å². The van der Waals surface area contributed by atoms with Crippen molar-refractivity contribution in [2.45, 2.75) is 45.8 Å². The van der Waals surface area contributed by atoms with Crippen molar-refractivity contribution in [3.63, 3.8) is 0 Å². The van der Waals surface area contributed by atoms with Crippen molar-refractivity contribution < 1.29 is 19.4 Å². The third kappa shape index (κ3) is 5.25. The molecule has 9 heteroatoms. The van der Waals surface area contributed by atoms with Crippen molar-refractivity contribution in [2.24, 2.45) is 0 Å². The highest BCUT2D eigenvalue weighted by Gasteiger charge is 2.32. The standard InChI is InChI=1S/C36H31N5O4/c1-20-13-23-14-22(24-17-40-34(41-18-24)25-15-37-19-38-16-25)5-6-26(23)31(29(20)33(35(42)43)45-36(2,3)4)27-7-8-28-30-21(10-12-44-28)9-11-39-32(27)30/h5-9,11,13-19,33H,10,12H2,1-4H3,(H,42,43). The van der Waals surface area contributed by atoms with Gasteiger partial charge in [-0.05, 0) is 85.0 Å². The van der Waals surface area contributed by atoms with Crippen molar-refractivity contribution in [1.29, 1.82) is 0 Å². The minimum Gasteiger partial charge on any atom is -0.493 e. The van der Waals surface area contributed by atoms with Crippen LogP contribution in [0.25, 0.3) is 55.3 Å². The number of rotatable bonds is 6. The summed E-state index contributed by atoms with van der Waals surface area (Å²) in [5.74, 6) is 0.279. The molecule has 9 nitrogen and oxygen atoms in total. The molecule has 0 aliphatic carbocycles. The number of carboxylic acids is 1. The predicted molar refractivity (Wildman–Crippen MR) is 172 cm³/mol. The average molecular weight is 598 g/mol. The summed E-state index contributed by atoms with van der Waals surface area (Å²) < 4.78 is 12.2. The molecule has 0 fully saturated rings. The second-order valence-corrected chi connectivity index (χ2v) is 12.2. The first-order valence-corrected chi connectivity index (χ1v) is 14.8. The molecule has 0 bridgehead atoms. The van der Waals surface area contributed by atoms with Gasteiger partial charge in [-0.1, -0.05) is 18.2 Å². The molecular formula is C36H31N5O4. The zero-order valence-corrected chi connectivity index (χ0v) is 25.4. The monoisotopic (exact) mass is 597 g/mol. The molecule has 1 aliphatic heterocycles. The number of fused-ring (bicyclic) bond motifs is 1. The van der Waals surface area contributed by atoms with Crippen molar-refractivity contribution in [3.05, 3.63) is 96.5 Å². The van der Waals surface area contributed by atoms with E-state index < -0.39 is 17.7 Å². The van der Waals surface area contributed by atoms with Gasteiger partial charge in [0, 0.05) is 59.5 Å². The quantitative estimate of drug-likeness (QED) is 0.213. The van der Waals surface area contributed by atoms with E-state index in [2.05, 4.69) is 26.0 Å². The highest BCUT2D eigenvalue weighted by molar-refractivity contribution is 6.09. The van der Waals surface area contributed by atoms with Crippen LogP contribution in [0.2, 0.25) is 0 Å². The Bertz CT molecular complexity index is 2080. The van der Waals surface area contributed by atoms with Crippen LogP contribution in [0.5, 0.6) is 5.75 Å². The Hall–Kier alpha value is -5.28. The van der Waals surface area contributed by atoms with Gasteiger partial charge in [0.1, 0.15) is 12.1 Å². The lowest BCUT2D eigenvalue weighted by Crippen LogP contribution is -2.28. The number of benzene rings is 3. The summed E-state index contributed by atoms with van der Waals surface area (Å²) in [5, 5.41) is 13.3. The van der Waals surface area contributed by atoms with Gasteiger partial charge in [-0.2, -0.15) is 0 Å². The van der Waals surface area contributed by atoms with Gasteiger partial charge in [0.15, 0.2) is 11.9 Å². The molecule has 0 radical (unpaired) electrons. The largest absolute Gasteiger partial charge is 0.493 e. The Morgan fingerprint density at radius 1 is 0.933 bits per heavy atom. The highest BCUT2D eigenvalue weighted by atomic mass is 16.5. The van der Waals surface area contributed by atoms with E-state index in [1.165, 1.54) is 6.33 Å². The van der Waals surface area contributed by atoms with E-state index in [-0.39, 0.29) is 0 Å². The molecule has 0 saturated carbocycles. The molecule has 6 aromatic rings. The summed E-state index contributed by atoms with van der Waals surface area (Å²) in [6.07, 6.45) is 9.79. The number of pyridine rings is 1. The SMILES string of the molecule is Cc1cc2cc(-c3cnc(-c4cncnc4)nc3)ccc2c(-c2ccc3c4c(ccnc24)CCO3)c1C(OC(C)(C)C)C(=O)O. The first-order chi connectivity index (χ1) is 21.7. The summed E-state index contributed by atoms with van der Waals surface area (Å²) >= 11 is 0. The second kappa shape index (κ2) is 11.0. The minimum atomic E-state index is -1.20. The van der Waals surface area contributed by atoms with Crippen molar-refractivity contribution in [2.75, 3.05) is 6.61 Å². The molecule has 1 N–H and O–H groups in total. The lowest BCUT2D eigenvalue weighted by atomic mass is 9.85. The fourth-order valence-electron chi connectivity index (χ4n) is 6.10. The smallest absolute Gasteiger partial charge is 0.337 e. The molecule has 45 heavy (non-hydrogen) atoms. The number of carbonyl (C=O) groups is 1. The molecule has 1 aliphatic rings. The minimum absolute atomic E-state index is 0.542. The highest BCUT2D eigenvalue weighted by Crippen LogP contribution is 2.45. The van der Waals surface area contributed by atoms with Crippen LogP contribution in [0, 0.1) is 6.92 Å². The summed E-state index contributed by atoms with van der Waals surface area (Å²) in [6, 6.07) is 14.1. The number of carboxylic acid groups (broad SMARTS) is 1. The third-order valence-corrected chi connectivity index (χ3v) is 7.99. The number of aromatic nitrogens is 5. The number of hydrogen-bond donors (Lipinski definition) is 1. The van der Waals surface area contributed by atoms with Gasteiger partial charge in [0.25, 0.3) is 0 Å². The molecule has 3 aromatic carbocycles. The van der Waals surface area contributed by atoms with Crippen LogP contribution in [-0.4, -0.2) is 48.2 Å². The maximum absolute atomic E-state index is 12.9. The van der Waals surface area contributed by atoms with Crippen LogP contribution < -0.4 is 4.74 Å². The zero-order chi connectivity index (χ0) is 31.3. The van der Waals surface area contributed by atoms with Gasteiger partial charge in [-0.25, -0.2) is 24.7 Å². The summed E-state index contributed by atoms with van der Waals surface area (Å²) in [4.78, 5) is 34.9. The molecule has 3 aromatic heterocycles. The van der Waals surface area contributed by atoms with Crippen molar-refractivity contribution in [3.8, 4) is 39.4 Å². The molecule has 1 unspecified atom stereocenters. The van der Waals surface area contributed by atoms with E-state index in [0.29, 0.717) is 18.0 Å². The Morgan fingerprint density at radius 3 is 2.44 bits per heavy atom. The average Bonchev–Trinajstić information content (AvgIpc) is 3.03. The first-order valence-electron chi connectivity index (χ1n) is 14.8. The number of nitrogens with zero attached hydrogens (tertiary/aromatic N) is 5. The fraction of sp³-hybridized carbons (Fsp3) is 0.222. The molecule has 0 amide bonds. The number of ether oxygens (including phenoxy) is 2.